The van der Waals surface area contributed by atoms with Crippen LogP contribution in [0.3, 0.4) is 0 Å². The number of halogens is 2. The van der Waals surface area contributed by atoms with Crippen molar-refractivity contribution in [1.29, 1.82) is 0 Å². The maximum atomic E-state index is 13.8. The maximum Gasteiger partial charge on any atom is 0.238 e. The maximum absolute atomic E-state index is 13.8. The molecule has 0 bridgehead atoms. The van der Waals surface area contributed by atoms with E-state index in [1.165, 1.54) is 6.07 Å². The summed E-state index contributed by atoms with van der Waals surface area (Å²) < 4.78 is 13.8. The molecule has 0 aliphatic heterocycles. The fourth-order valence-corrected chi connectivity index (χ4v) is 2.54. The minimum atomic E-state index is -0.362. The first-order valence-corrected chi connectivity index (χ1v) is 7.73. The Kier molecular flexibility index (Phi) is 5.74. The molecule has 122 valence electrons. The summed E-state index contributed by atoms with van der Waals surface area (Å²) in [6.07, 6.45) is 0. The van der Waals surface area contributed by atoms with E-state index in [-0.39, 0.29) is 24.8 Å². The normalized spacial score (nSPS) is 10.9. The highest BCUT2D eigenvalue weighted by Gasteiger charge is 2.13. The summed E-state index contributed by atoms with van der Waals surface area (Å²) in [5, 5.41) is 3.26. The number of anilines is 1. The number of nitrogens with one attached hydrogen (secondary N) is 1. The highest BCUT2D eigenvalue weighted by Crippen LogP contribution is 2.20. The van der Waals surface area contributed by atoms with Gasteiger partial charge in [-0.25, -0.2) is 4.39 Å². The highest BCUT2D eigenvalue weighted by atomic mass is 35.5. The molecule has 0 aromatic heterocycles. The van der Waals surface area contributed by atoms with Gasteiger partial charge in [-0.15, -0.1) is 0 Å². The van der Waals surface area contributed by atoms with Crippen LogP contribution in [0.25, 0.3) is 0 Å². The predicted octanol–water partition coefficient (Wildman–Crippen LogP) is 4.17. The smallest absolute Gasteiger partial charge is 0.238 e. The zero-order valence-corrected chi connectivity index (χ0v) is 14.2. The molecule has 2 aromatic carbocycles. The van der Waals surface area contributed by atoms with Crippen molar-refractivity contribution >= 4 is 23.2 Å². The molecule has 0 aliphatic carbocycles. The lowest BCUT2D eigenvalue weighted by Gasteiger charge is -2.18. The van der Waals surface area contributed by atoms with Gasteiger partial charge in [-0.3, -0.25) is 9.69 Å². The monoisotopic (exact) mass is 334 g/mol. The lowest BCUT2D eigenvalue weighted by atomic mass is 10.1. The van der Waals surface area contributed by atoms with Crippen LogP contribution < -0.4 is 5.32 Å². The van der Waals surface area contributed by atoms with Crippen LogP contribution in [0.2, 0.25) is 5.02 Å². The number of carbonyl (C=O) groups is 1. The topological polar surface area (TPSA) is 32.3 Å². The van der Waals surface area contributed by atoms with Crippen molar-refractivity contribution < 1.29 is 9.18 Å². The lowest BCUT2D eigenvalue weighted by Crippen LogP contribution is -2.30. The van der Waals surface area contributed by atoms with Crippen LogP contribution in [0.5, 0.6) is 0 Å². The van der Waals surface area contributed by atoms with E-state index >= 15 is 0 Å². The van der Waals surface area contributed by atoms with Gasteiger partial charge in [0, 0.05) is 22.8 Å². The predicted molar refractivity (Wildman–Crippen MR) is 92.3 cm³/mol. The fourth-order valence-electron chi connectivity index (χ4n) is 2.31. The van der Waals surface area contributed by atoms with Crippen molar-refractivity contribution in [3.8, 4) is 0 Å². The number of carbonyl (C=O) groups excluding carboxylic acids is 1. The summed E-state index contributed by atoms with van der Waals surface area (Å²) in [5.74, 6) is -0.507. The molecule has 0 atom stereocenters. The molecule has 3 nitrogen and oxygen atoms in total. The van der Waals surface area contributed by atoms with E-state index in [1.54, 1.807) is 24.1 Å². The average molecular weight is 335 g/mol. The molecule has 0 aliphatic rings. The Morgan fingerprint density at radius 3 is 2.70 bits per heavy atom. The molecule has 0 heterocycles. The molecule has 0 fully saturated rings. The molecule has 1 N–H and O–H groups in total. The third-order valence-corrected chi connectivity index (χ3v) is 3.92. The number of amides is 1. The van der Waals surface area contributed by atoms with Crippen LogP contribution in [0.4, 0.5) is 10.1 Å². The van der Waals surface area contributed by atoms with Gasteiger partial charge in [-0.2, -0.15) is 0 Å². The molecule has 0 spiro atoms. The van der Waals surface area contributed by atoms with Gasteiger partial charge in [0.1, 0.15) is 5.82 Å². The van der Waals surface area contributed by atoms with Crippen LogP contribution in [0.1, 0.15) is 16.7 Å². The van der Waals surface area contributed by atoms with E-state index in [0.29, 0.717) is 10.6 Å². The van der Waals surface area contributed by atoms with Gasteiger partial charge in [0.2, 0.25) is 5.91 Å². The van der Waals surface area contributed by atoms with Gasteiger partial charge in [-0.05, 0) is 50.2 Å². The quantitative estimate of drug-likeness (QED) is 0.890. The molecule has 5 heteroatoms. The number of hydrogen-bond acceptors (Lipinski definition) is 2. The van der Waals surface area contributed by atoms with E-state index in [4.69, 9.17) is 11.6 Å². The largest absolute Gasteiger partial charge is 0.325 e. The van der Waals surface area contributed by atoms with Crippen LogP contribution in [0.15, 0.2) is 36.4 Å². The summed E-state index contributed by atoms with van der Waals surface area (Å²) in [4.78, 5) is 13.9. The molecule has 0 radical (unpaired) electrons. The van der Waals surface area contributed by atoms with Crippen molar-refractivity contribution in [3.63, 3.8) is 0 Å². The summed E-state index contributed by atoms with van der Waals surface area (Å²) in [7, 11) is 1.76. The summed E-state index contributed by atoms with van der Waals surface area (Å²) in [5.41, 5.74) is 3.28. The molecular formula is C18H20ClFN2O. The summed E-state index contributed by atoms with van der Waals surface area (Å²) >= 11 is 6.01. The Labute approximate surface area is 141 Å². The molecule has 0 saturated carbocycles. The first-order valence-electron chi connectivity index (χ1n) is 7.35. The van der Waals surface area contributed by atoms with Gasteiger partial charge in [0.05, 0.1) is 6.54 Å². The lowest BCUT2D eigenvalue weighted by molar-refractivity contribution is -0.117. The third kappa shape index (κ3) is 4.78. The number of benzene rings is 2. The van der Waals surface area contributed by atoms with E-state index in [1.807, 2.05) is 32.0 Å². The zero-order valence-electron chi connectivity index (χ0n) is 13.5. The Morgan fingerprint density at radius 2 is 2.00 bits per heavy atom. The molecule has 2 aromatic rings. The van der Waals surface area contributed by atoms with Crippen molar-refractivity contribution in [2.24, 2.45) is 0 Å². The zero-order chi connectivity index (χ0) is 17.0. The Balaban J connectivity index is 1.98. The highest BCUT2D eigenvalue weighted by molar-refractivity contribution is 6.31. The van der Waals surface area contributed by atoms with E-state index < -0.39 is 0 Å². The fraction of sp³-hybridized carbons (Fsp3) is 0.278. The van der Waals surface area contributed by atoms with Gasteiger partial charge in [0.25, 0.3) is 0 Å². The molecule has 0 saturated heterocycles. The molecular weight excluding hydrogens is 315 g/mol. The van der Waals surface area contributed by atoms with Gasteiger partial charge >= 0.3 is 0 Å². The van der Waals surface area contributed by atoms with Crippen LogP contribution >= 0.6 is 11.6 Å². The van der Waals surface area contributed by atoms with Crippen molar-refractivity contribution in [1.82, 2.24) is 4.90 Å². The van der Waals surface area contributed by atoms with Crippen LogP contribution in [0, 0.1) is 19.7 Å². The van der Waals surface area contributed by atoms with E-state index in [9.17, 15) is 9.18 Å². The van der Waals surface area contributed by atoms with Crippen LogP contribution in [-0.2, 0) is 11.3 Å². The minimum Gasteiger partial charge on any atom is -0.325 e. The number of nitrogens with zero attached hydrogens (tertiary/aromatic N) is 1. The Hall–Kier alpha value is -1.91. The Bertz CT molecular complexity index is 698. The third-order valence-electron chi connectivity index (χ3n) is 3.57. The molecule has 23 heavy (non-hydrogen) atoms. The molecule has 0 unspecified atom stereocenters. The standard InChI is InChI=1S/C18H20ClFN2O/c1-12-7-8-13(2)17(9-12)21-18(23)11-22(3)10-14-15(19)5-4-6-16(14)20/h4-9H,10-11H2,1-3H3,(H,21,23). The van der Waals surface area contributed by atoms with Crippen molar-refractivity contribution in [3.05, 3.63) is 63.9 Å². The number of hydrogen-bond donors (Lipinski definition) is 1. The van der Waals surface area contributed by atoms with E-state index in [2.05, 4.69) is 5.32 Å². The number of likely N-dealkylation sites (N-methyl/N-ethyl adjacent to an activating group) is 1. The molecule has 2 rings (SSSR count). The second-order valence-corrected chi connectivity index (χ2v) is 6.15. The minimum absolute atomic E-state index is 0.145. The SMILES string of the molecule is Cc1ccc(C)c(NC(=O)CN(C)Cc2c(F)cccc2Cl)c1. The van der Waals surface area contributed by atoms with Crippen LogP contribution in [-0.4, -0.2) is 24.4 Å². The van der Waals surface area contributed by atoms with Gasteiger partial charge in [0.15, 0.2) is 0 Å². The van der Waals surface area contributed by atoms with Crippen molar-refractivity contribution in [2.75, 3.05) is 18.9 Å². The molecule has 1 amide bonds. The van der Waals surface area contributed by atoms with Crippen molar-refractivity contribution in [2.45, 2.75) is 20.4 Å². The first-order chi connectivity index (χ1) is 10.9. The summed E-state index contributed by atoms with van der Waals surface area (Å²) in [6.45, 7) is 4.34. The second-order valence-electron chi connectivity index (χ2n) is 5.74. The average Bonchev–Trinajstić information content (AvgIpc) is 2.47. The first kappa shape index (κ1) is 17.4. The summed E-state index contributed by atoms with van der Waals surface area (Å²) in [6, 6.07) is 10.5. The van der Waals surface area contributed by atoms with Gasteiger partial charge in [-0.1, -0.05) is 29.8 Å². The Morgan fingerprint density at radius 1 is 1.26 bits per heavy atom. The van der Waals surface area contributed by atoms with E-state index in [0.717, 1.165) is 16.8 Å². The van der Waals surface area contributed by atoms with Gasteiger partial charge < -0.3 is 5.32 Å². The number of rotatable bonds is 5. The number of aryl methyl sites for hydroxylation is 2. The second kappa shape index (κ2) is 7.57.